The standard InChI is InChI=1S/C13H18F2O3S2/c1-2-3-4-8-11-18-20(16,17)13(14,15)19-12-9-6-5-7-10-12/h5-7,9-10H,2-4,8,11H2,1H3. The molecule has 0 aromatic heterocycles. The summed E-state index contributed by atoms with van der Waals surface area (Å²) in [5, 5.41) is 0. The first-order valence-corrected chi connectivity index (χ1v) is 8.62. The number of benzene rings is 1. The second kappa shape index (κ2) is 7.95. The maximum Gasteiger partial charge on any atom is 0.421 e. The molecule has 0 spiro atoms. The molecule has 0 heterocycles. The van der Waals surface area contributed by atoms with E-state index in [-0.39, 0.29) is 23.3 Å². The lowest BCUT2D eigenvalue weighted by atomic mass is 10.2. The Hall–Kier alpha value is -0.660. The minimum absolute atomic E-state index is 0.0252. The van der Waals surface area contributed by atoms with Gasteiger partial charge in [-0.15, -0.1) is 0 Å². The third kappa shape index (κ3) is 5.38. The molecule has 1 aromatic carbocycles. The van der Waals surface area contributed by atoms with Gasteiger partial charge in [-0.25, -0.2) is 0 Å². The van der Waals surface area contributed by atoms with Crippen molar-refractivity contribution in [2.45, 2.75) is 42.1 Å². The van der Waals surface area contributed by atoms with Crippen LogP contribution in [-0.4, -0.2) is 19.6 Å². The van der Waals surface area contributed by atoms with Crippen LogP contribution in [0.1, 0.15) is 32.6 Å². The lowest BCUT2D eigenvalue weighted by Gasteiger charge is -2.15. The van der Waals surface area contributed by atoms with E-state index in [4.69, 9.17) is 0 Å². The fourth-order valence-electron chi connectivity index (χ4n) is 1.44. The minimum atomic E-state index is -4.92. The van der Waals surface area contributed by atoms with Crippen molar-refractivity contribution in [3.63, 3.8) is 0 Å². The molecule has 0 aliphatic carbocycles. The molecule has 0 aliphatic heterocycles. The topological polar surface area (TPSA) is 43.4 Å². The Kier molecular flexibility index (Phi) is 6.91. The predicted molar refractivity (Wildman–Crippen MR) is 76.3 cm³/mol. The van der Waals surface area contributed by atoms with Gasteiger partial charge >= 0.3 is 14.7 Å². The molecule has 7 heteroatoms. The third-order valence-corrected chi connectivity index (χ3v) is 5.17. The Labute approximate surface area is 122 Å². The smallest absolute Gasteiger partial charge is 0.265 e. The number of hydrogen-bond acceptors (Lipinski definition) is 4. The molecule has 0 fully saturated rings. The number of thioether (sulfide) groups is 1. The van der Waals surface area contributed by atoms with Crippen LogP contribution in [0.2, 0.25) is 0 Å². The van der Waals surface area contributed by atoms with Crippen molar-refractivity contribution in [1.82, 2.24) is 0 Å². The monoisotopic (exact) mass is 324 g/mol. The molecule has 114 valence electrons. The Bertz CT molecular complexity index is 490. The van der Waals surface area contributed by atoms with Crippen LogP contribution in [0.4, 0.5) is 8.78 Å². The van der Waals surface area contributed by atoms with E-state index in [1.807, 2.05) is 6.92 Å². The lowest BCUT2D eigenvalue weighted by Crippen LogP contribution is -2.27. The number of halogens is 2. The molecule has 0 bridgehead atoms. The van der Waals surface area contributed by atoms with Gasteiger partial charge in [0, 0.05) is 4.90 Å². The fraction of sp³-hybridized carbons (Fsp3) is 0.538. The first-order valence-electron chi connectivity index (χ1n) is 6.40. The summed E-state index contributed by atoms with van der Waals surface area (Å²) in [5.41, 5.74) is 0. The maximum absolute atomic E-state index is 13.7. The second-order valence-corrected chi connectivity index (χ2v) is 7.32. The average molecular weight is 324 g/mol. The molecule has 0 aliphatic rings. The lowest BCUT2D eigenvalue weighted by molar-refractivity contribution is 0.163. The summed E-state index contributed by atoms with van der Waals surface area (Å²) in [6.45, 7) is 1.80. The molecular formula is C13H18F2O3S2. The fourth-order valence-corrected chi connectivity index (χ4v) is 3.33. The van der Waals surface area contributed by atoms with Gasteiger partial charge in [-0.2, -0.15) is 17.2 Å². The molecule has 0 N–H and O–H groups in total. The average Bonchev–Trinajstić information content (AvgIpc) is 2.39. The van der Waals surface area contributed by atoms with Crippen LogP contribution in [-0.2, 0) is 14.3 Å². The van der Waals surface area contributed by atoms with Crippen LogP contribution in [0.25, 0.3) is 0 Å². The van der Waals surface area contributed by atoms with Gasteiger partial charge in [-0.3, -0.25) is 4.18 Å². The molecule has 1 rings (SSSR count). The SMILES string of the molecule is CCCCCCOS(=O)(=O)C(F)(F)Sc1ccccc1. The number of rotatable bonds is 9. The van der Waals surface area contributed by atoms with E-state index in [2.05, 4.69) is 4.18 Å². The highest BCUT2D eigenvalue weighted by Gasteiger charge is 2.47. The van der Waals surface area contributed by atoms with E-state index in [1.54, 1.807) is 18.2 Å². The molecule has 0 saturated heterocycles. The first-order chi connectivity index (χ1) is 9.39. The molecule has 0 amide bonds. The Morgan fingerprint density at radius 1 is 1.15 bits per heavy atom. The van der Waals surface area contributed by atoms with Gasteiger partial charge in [0.15, 0.2) is 0 Å². The van der Waals surface area contributed by atoms with Crippen molar-refractivity contribution in [1.29, 1.82) is 0 Å². The molecular weight excluding hydrogens is 306 g/mol. The molecule has 1 aromatic rings. The predicted octanol–water partition coefficient (Wildman–Crippen LogP) is 4.26. The van der Waals surface area contributed by atoms with Crippen LogP contribution in [0.15, 0.2) is 35.2 Å². The highest BCUT2D eigenvalue weighted by Crippen LogP contribution is 2.40. The van der Waals surface area contributed by atoms with Gasteiger partial charge in [-0.1, -0.05) is 44.4 Å². The Morgan fingerprint density at radius 3 is 2.40 bits per heavy atom. The van der Waals surface area contributed by atoms with Crippen molar-refractivity contribution >= 4 is 21.9 Å². The van der Waals surface area contributed by atoms with Crippen LogP contribution in [0.5, 0.6) is 0 Å². The molecule has 0 radical (unpaired) electrons. The van der Waals surface area contributed by atoms with Gasteiger partial charge in [-0.05, 0) is 30.3 Å². The van der Waals surface area contributed by atoms with E-state index in [0.29, 0.717) is 6.42 Å². The minimum Gasteiger partial charge on any atom is -0.265 e. The summed E-state index contributed by atoms with van der Waals surface area (Å²) in [6.07, 6.45) is 3.13. The summed E-state index contributed by atoms with van der Waals surface area (Å²) in [7, 11) is -4.92. The molecule has 3 nitrogen and oxygen atoms in total. The summed E-state index contributed by atoms with van der Waals surface area (Å²) < 4.78 is 50.8. The molecule has 0 saturated carbocycles. The van der Waals surface area contributed by atoms with E-state index in [1.165, 1.54) is 12.1 Å². The normalized spacial score (nSPS) is 12.6. The quantitative estimate of drug-likeness (QED) is 0.387. The molecule has 0 atom stereocenters. The number of unbranched alkanes of at least 4 members (excludes halogenated alkanes) is 3. The summed E-state index contributed by atoms with van der Waals surface area (Å²) in [6, 6.07) is 7.65. The van der Waals surface area contributed by atoms with Gasteiger partial charge < -0.3 is 0 Å². The van der Waals surface area contributed by atoms with Gasteiger partial charge in [0.2, 0.25) is 0 Å². The van der Waals surface area contributed by atoms with Crippen molar-refractivity contribution in [2.75, 3.05) is 6.61 Å². The zero-order chi connectivity index (χ0) is 15.1. The van der Waals surface area contributed by atoms with Crippen LogP contribution in [0, 0.1) is 0 Å². The van der Waals surface area contributed by atoms with Gasteiger partial charge in [0.05, 0.1) is 6.61 Å². The summed E-state index contributed by atoms with van der Waals surface area (Å²) in [4.78, 5) is 0.177. The molecule has 0 unspecified atom stereocenters. The Morgan fingerprint density at radius 2 is 1.80 bits per heavy atom. The Balaban J connectivity index is 2.56. The zero-order valence-corrected chi connectivity index (χ0v) is 12.9. The molecule has 20 heavy (non-hydrogen) atoms. The van der Waals surface area contributed by atoms with E-state index >= 15 is 0 Å². The van der Waals surface area contributed by atoms with E-state index in [9.17, 15) is 17.2 Å². The zero-order valence-electron chi connectivity index (χ0n) is 11.2. The number of alkyl halides is 2. The second-order valence-electron chi connectivity index (χ2n) is 4.22. The van der Waals surface area contributed by atoms with Crippen molar-refractivity contribution in [3.05, 3.63) is 30.3 Å². The summed E-state index contributed by atoms with van der Waals surface area (Å²) in [5.74, 6) is 0. The largest absolute Gasteiger partial charge is 0.421 e. The summed E-state index contributed by atoms with van der Waals surface area (Å²) >= 11 is -0.0252. The third-order valence-electron chi connectivity index (χ3n) is 2.51. The van der Waals surface area contributed by atoms with Crippen molar-refractivity contribution in [3.8, 4) is 0 Å². The van der Waals surface area contributed by atoms with Crippen LogP contribution in [0.3, 0.4) is 0 Å². The van der Waals surface area contributed by atoms with Gasteiger partial charge in [0.25, 0.3) is 0 Å². The van der Waals surface area contributed by atoms with Crippen LogP contribution < -0.4 is 0 Å². The van der Waals surface area contributed by atoms with E-state index < -0.39 is 14.7 Å². The first kappa shape index (κ1) is 17.4. The van der Waals surface area contributed by atoms with Crippen LogP contribution >= 0.6 is 11.8 Å². The number of hydrogen-bond donors (Lipinski definition) is 0. The highest BCUT2D eigenvalue weighted by molar-refractivity contribution is 8.12. The van der Waals surface area contributed by atoms with Crippen molar-refractivity contribution in [2.24, 2.45) is 0 Å². The maximum atomic E-state index is 13.7. The van der Waals surface area contributed by atoms with Gasteiger partial charge in [0.1, 0.15) is 0 Å². The highest BCUT2D eigenvalue weighted by atomic mass is 32.3. The van der Waals surface area contributed by atoms with Crippen molar-refractivity contribution < 1.29 is 21.4 Å². The van der Waals surface area contributed by atoms with E-state index in [0.717, 1.165) is 19.3 Å².